The molecule has 1 aromatic carbocycles. The topological polar surface area (TPSA) is 243 Å². The summed E-state index contributed by atoms with van der Waals surface area (Å²) in [6.07, 6.45) is -2.02. The molecule has 15 heteroatoms. The molecule has 2 amide bonds. The van der Waals surface area contributed by atoms with E-state index in [0.717, 1.165) is 0 Å². The van der Waals surface area contributed by atoms with Crippen molar-refractivity contribution < 1.29 is 53.9 Å². The lowest BCUT2D eigenvalue weighted by Crippen LogP contribution is -2.68. The van der Waals surface area contributed by atoms with Gasteiger partial charge >= 0.3 is 12.1 Å². The van der Waals surface area contributed by atoms with Crippen LogP contribution in [0.1, 0.15) is 17.5 Å². The molecule has 226 valence electrons. The average Bonchev–Trinajstić information content (AvgIpc) is 2.87. The zero-order chi connectivity index (χ0) is 31.5. The Morgan fingerprint density at radius 3 is 2.19 bits per heavy atom. The zero-order valence-corrected chi connectivity index (χ0v) is 23.3. The Morgan fingerprint density at radius 1 is 1.02 bits per heavy atom. The number of ether oxygens (including phenoxy) is 2. The fourth-order valence-electron chi connectivity index (χ4n) is 6.38. The van der Waals surface area contributed by atoms with E-state index in [2.05, 4.69) is 4.74 Å². The van der Waals surface area contributed by atoms with E-state index in [-0.39, 0.29) is 17.5 Å². The van der Waals surface area contributed by atoms with Crippen LogP contribution in [0.5, 0.6) is 5.75 Å². The number of phenolic OH excluding ortho intramolecular Hbond substituents is 1. The summed E-state index contributed by atoms with van der Waals surface area (Å²) in [6, 6.07) is 1.38. The number of nitrogens with zero attached hydrogens (tertiary/aromatic N) is 2. The van der Waals surface area contributed by atoms with Gasteiger partial charge in [0, 0.05) is 25.7 Å². The second-order valence-corrected chi connectivity index (χ2v) is 10.9. The number of rotatable bonds is 7. The molecular weight excluding hydrogens is 556 g/mol. The van der Waals surface area contributed by atoms with E-state index in [0.29, 0.717) is 5.69 Å². The van der Waals surface area contributed by atoms with Crippen LogP contribution >= 0.6 is 0 Å². The lowest BCUT2D eigenvalue weighted by molar-refractivity contribution is -0.171. The third-order valence-electron chi connectivity index (χ3n) is 8.11. The van der Waals surface area contributed by atoms with Gasteiger partial charge in [-0.25, -0.2) is 4.79 Å². The summed E-state index contributed by atoms with van der Waals surface area (Å²) >= 11 is 0. The maximum absolute atomic E-state index is 14.3. The number of fused-ring (bicyclic) bond motifs is 3. The molecule has 3 aliphatic rings. The lowest BCUT2D eigenvalue weighted by atomic mass is 9.51. The van der Waals surface area contributed by atoms with Crippen LogP contribution < -0.4 is 16.4 Å². The number of phenols is 1. The summed E-state index contributed by atoms with van der Waals surface area (Å²) in [4.78, 5) is 67.9. The lowest BCUT2D eigenvalue weighted by Gasteiger charge is -2.53. The van der Waals surface area contributed by atoms with Crippen molar-refractivity contribution >= 4 is 41.0 Å². The second kappa shape index (κ2) is 10.3. The van der Waals surface area contributed by atoms with Crippen LogP contribution in [0.25, 0.3) is 5.76 Å². The van der Waals surface area contributed by atoms with Gasteiger partial charge in [-0.2, -0.15) is 0 Å². The van der Waals surface area contributed by atoms with Crippen molar-refractivity contribution in [3.05, 3.63) is 40.2 Å². The minimum atomic E-state index is -2.97. The first-order chi connectivity index (χ1) is 19.5. The largest absolute Gasteiger partial charge is 0.508 e. The number of hydrogen-bond donors (Lipinski definition) is 6. The molecular formula is C27H32N4O11. The Kier molecular flexibility index (Phi) is 7.46. The van der Waals surface area contributed by atoms with Gasteiger partial charge in [-0.05, 0) is 44.6 Å². The van der Waals surface area contributed by atoms with Crippen molar-refractivity contribution in [2.45, 2.75) is 24.5 Å². The average molecular weight is 589 g/mol. The predicted molar refractivity (Wildman–Crippen MR) is 144 cm³/mol. The molecule has 4 rings (SSSR count). The molecule has 0 bridgehead atoms. The molecule has 0 aliphatic heterocycles. The molecule has 0 radical (unpaired) electrons. The van der Waals surface area contributed by atoms with Crippen molar-refractivity contribution in [3.8, 4) is 5.75 Å². The molecule has 4 atom stereocenters. The number of benzene rings is 1. The van der Waals surface area contributed by atoms with Crippen LogP contribution in [0.3, 0.4) is 0 Å². The number of primary amides is 2. The Hall–Kier alpha value is -4.63. The smallest absolute Gasteiger partial charge is 0.404 e. The number of nitrogens with two attached hydrogens (primary N) is 2. The number of aliphatic hydroxyl groups excluding tert-OH is 2. The Balaban J connectivity index is 2.03. The first kappa shape index (κ1) is 30.3. The summed E-state index contributed by atoms with van der Waals surface area (Å²) in [5.74, 6) is -9.00. The minimum absolute atomic E-state index is 0.193. The highest BCUT2D eigenvalue weighted by Gasteiger charge is 2.70. The van der Waals surface area contributed by atoms with Gasteiger partial charge < -0.3 is 46.3 Å². The number of aromatic hydroxyl groups is 1. The standard InChI is InChI=1S/C27H32N4O11/c1-30(2)13-5-6-14(32)15-11(13)9-26(24(38)41-7-8-42-25(29)39)10-12-18(31(3)4)20(34)16(23(28)37)21(35)27(12,40)22(36)17(26)19(15)33/h5-6,12,18,32-33,35,40H,7-10H2,1-4H3,(H2,28,37)(H2,29,39)/t12-,18-,26+,27+/m0/s1. The van der Waals surface area contributed by atoms with Gasteiger partial charge in [-0.15, -0.1) is 0 Å². The summed E-state index contributed by atoms with van der Waals surface area (Å²) in [5.41, 5.74) is 4.09. The number of aliphatic hydroxyl groups is 3. The number of anilines is 1. The summed E-state index contributed by atoms with van der Waals surface area (Å²) in [5, 5.41) is 45.3. The van der Waals surface area contributed by atoms with Crippen molar-refractivity contribution in [1.29, 1.82) is 0 Å². The van der Waals surface area contributed by atoms with E-state index in [1.165, 1.54) is 31.1 Å². The van der Waals surface area contributed by atoms with Crippen LogP contribution in [-0.4, -0.2) is 108 Å². The van der Waals surface area contributed by atoms with E-state index < -0.39 is 101 Å². The zero-order valence-electron chi connectivity index (χ0n) is 23.3. The third kappa shape index (κ3) is 4.23. The molecule has 0 unspecified atom stereocenters. The number of carbonyl (C=O) groups excluding carboxylic acids is 5. The van der Waals surface area contributed by atoms with Crippen LogP contribution in [0.2, 0.25) is 0 Å². The van der Waals surface area contributed by atoms with E-state index >= 15 is 0 Å². The van der Waals surface area contributed by atoms with Crippen LogP contribution in [0.15, 0.2) is 29.0 Å². The van der Waals surface area contributed by atoms with Crippen molar-refractivity contribution in [2.24, 2.45) is 22.8 Å². The Bertz CT molecular complexity index is 1480. The van der Waals surface area contributed by atoms with E-state index in [4.69, 9.17) is 16.2 Å². The van der Waals surface area contributed by atoms with Crippen molar-refractivity contribution in [3.63, 3.8) is 0 Å². The molecule has 1 saturated carbocycles. The highest BCUT2D eigenvalue weighted by molar-refractivity contribution is 6.25. The number of hydrogen-bond acceptors (Lipinski definition) is 13. The summed E-state index contributed by atoms with van der Waals surface area (Å²) in [6.45, 7) is -0.935. The van der Waals surface area contributed by atoms with E-state index in [1.54, 1.807) is 19.0 Å². The molecule has 1 fully saturated rings. The highest BCUT2D eigenvalue weighted by atomic mass is 16.6. The van der Waals surface area contributed by atoms with Gasteiger partial charge in [-0.3, -0.25) is 24.1 Å². The fourth-order valence-corrected chi connectivity index (χ4v) is 6.38. The molecule has 0 heterocycles. The van der Waals surface area contributed by atoms with Crippen LogP contribution in [0.4, 0.5) is 10.5 Å². The maximum atomic E-state index is 14.3. The van der Waals surface area contributed by atoms with Gasteiger partial charge in [0.15, 0.2) is 11.4 Å². The van der Waals surface area contributed by atoms with Gasteiger partial charge in [-0.1, -0.05) is 0 Å². The number of ketones is 2. The maximum Gasteiger partial charge on any atom is 0.404 e. The minimum Gasteiger partial charge on any atom is -0.508 e. The SMILES string of the molecule is CN(C)c1ccc(O)c2c1C[C@@]1(C(=O)OCCOC(N)=O)C[C@H]3[C@H](N(C)C)C(=O)C(C(N)=O)=C(O)[C@@]3(O)C(=O)C1=C2O. The molecule has 0 aromatic heterocycles. The molecule has 15 nitrogen and oxygen atoms in total. The number of likely N-dealkylation sites (N-methyl/N-ethyl adjacent to an activating group) is 1. The van der Waals surface area contributed by atoms with Gasteiger partial charge in [0.25, 0.3) is 5.91 Å². The van der Waals surface area contributed by atoms with Gasteiger partial charge in [0.2, 0.25) is 5.78 Å². The first-order valence-electron chi connectivity index (χ1n) is 12.8. The number of Topliss-reactive ketones (excluding diaryl/α,β-unsaturated/α-hetero) is 2. The van der Waals surface area contributed by atoms with Gasteiger partial charge in [0.05, 0.1) is 17.2 Å². The molecule has 0 spiro atoms. The number of esters is 1. The number of carbonyl (C=O) groups is 5. The normalized spacial score (nSPS) is 26.8. The van der Waals surface area contributed by atoms with Crippen LogP contribution in [0, 0.1) is 11.3 Å². The van der Waals surface area contributed by atoms with E-state index in [1.807, 2.05) is 0 Å². The second-order valence-electron chi connectivity index (χ2n) is 10.9. The molecule has 42 heavy (non-hydrogen) atoms. The van der Waals surface area contributed by atoms with E-state index in [9.17, 15) is 44.4 Å². The summed E-state index contributed by atoms with van der Waals surface area (Å²) in [7, 11) is 6.22. The monoisotopic (exact) mass is 588 g/mol. The van der Waals surface area contributed by atoms with Gasteiger partial charge in [0.1, 0.15) is 41.5 Å². The fraction of sp³-hybridized carbons (Fsp3) is 0.444. The van der Waals surface area contributed by atoms with Crippen molar-refractivity contribution in [1.82, 2.24) is 4.90 Å². The summed E-state index contributed by atoms with van der Waals surface area (Å²) < 4.78 is 9.99. The van der Waals surface area contributed by atoms with Crippen molar-refractivity contribution in [2.75, 3.05) is 46.3 Å². The molecule has 0 saturated heterocycles. The highest BCUT2D eigenvalue weighted by Crippen LogP contribution is 2.59. The first-order valence-corrected chi connectivity index (χ1v) is 12.8. The third-order valence-corrected chi connectivity index (χ3v) is 8.11. The molecule has 1 aromatic rings. The Labute approximate surface area is 239 Å². The Morgan fingerprint density at radius 2 is 1.64 bits per heavy atom. The predicted octanol–water partition coefficient (Wildman–Crippen LogP) is -0.961. The molecule has 8 N–H and O–H groups in total. The van der Waals surface area contributed by atoms with Crippen LogP contribution in [-0.2, 0) is 35.1 Å². The quantitative estimate of drug-likeness (QED) is 0.128. The molecule has 3 aliphatic carbocycles. The number of amides is 2.